The summed E-state index contributed by atoms with van der Waals surface area (Å²) >= 11 is 8.62. The number of anilines is 1. The lowest BCUT2D eigenvalue weighted by Gasteiger charge is -2.31. The van der Waals surface area contributed by atoms with Crippen LogP contribution in [0.2, 0.25) is 0 Å². The summed E-state index contributed by atoms with van der Waals surface area (Å²) in [7, 11) is 0. The van der Waals surface area contributed by atoms with Gasteiger partial charge in [0.15, 0.2) is 0 Å². The van der Waals surface area contributed by atoms with E-state index in [2.05, 4.69) is 34.7 Å². The van der Waals surface area contributed by atoms with Crippen LogP contribution in [0, 0.1) is 0 Å². The Bertz CT molecular complexity index is 423. The fourth-order valence-electron chi connectivity index (χ4n) is 1.89. The largest absolute Gasteiger partial charge is 0.396 e. The quantitative estimate of drug-likeness (QED) is 0.787. The zero-order valence-corrected chi connectivity index (χ0v) is 13.1. The first-order chi connectivity index (χ1) is 8.49. The normalized spacial score (nSPS) is 10.7. The maximum absolute atomic E-state index is 8.99. The van der Waals surface area contributed by atoms with Crippen molar-refractivity contribution in [3.63, 3.8) is 0 Å². The zero-order chi connectivity index (χ0) is 13.7. The second kappa shape index (κ2) is 7.07. The average Bonchev–Trinajstić information content (AvgIpc) is 2.28. The van der Waals surface area contributed by atoms with Crippen LogP contribution in [0.1, 0.15) is 25.8 Å². The molecule has 0 aliphatic heterocycles. The Kier molecular flexibility index (Phi) is 6.05. The molecule has 100 valence electrons. The summed E-state index contributed by atoms with van der Waals surface area (Å²) in [4.78, 5) is 2.59. The first-order valence-electron chi connectivity index (χ1n) is 5.94. The molecule has 18 heavy (non-hydrogen) atoms. The number of thiocarbonyl (C=S) groups is 1. The van der Waals surface area contributed by atoms with Crippen LogP contribution in [-0.2, 0) is 0 Å². The molecule has 1 rings (SSSR count). The molecule has 0 atom stereocenters. The molecule has 1 aromatic carbocycles. The van der Waals surface area contributed by atoms with E-state index in [9.17, 15) is 0 Å². The van der Waals surface area contributed by atoms with Crippen LogP contribution in [-0.4, -0.2) is 29.3 Å². The Morgan fingerprint density at radius 1 is 1.50 bits per heavy atom. The predicted octanol–water partition coefficient (Wildman–Crippen LogP) is 2.68. The minimum Gasteiger partial charge on any atom is -0.396 e. The van der Waals surface area contributed by atoms with Gasteiger partial charge in [-0.15, -0.1) is 0 Å². The van der Waals surface area contributed by atoms with Crippen molar-refractivity contribution in [2.75, 3.05) is 18.1 Å². The number of hydrogen-bond donors (Lipinski definition) is 2. The smallest absolute Gasteiger partial charge is 0.107 e. The van der Waals surface area contributed by atoms with E-state index in [-0.39, 0.29) is 6.61 Å². The van der Waals surface area contributed by atoms with Crippen molar-refractivity contribution in [2.45, 2.75) is 26.3 Å². The van der Waals surface area contributed by atoms with Crippen molar-refractivity contribution in [2.24, 2.45) is 5.73 Å². The van der Waals surface area contributed by atoms with Crippen molar-refractivity contribution < 1.29 is 5.11 Å². The van der Waals surface area contributed by atoms with Gasteiger partial charge in [0, 0.05) is 34.9 Å². The monoisotopic (exact) mass is 330 g/mol. The molecule has 0 aromatic heterocycles. The summed E-state index contributed by atoms with van der Waals surface area (Å²) in [5.41, 5.74) is 7.68. The van der Waals surface area contributed by atoms with Crippen molar-refractivity contribution in [1.82, 2.24) is 0 Å². The Morgan fingerprint density at radius 2 is 2.17 bits per heavy atom. The lowest BCUT2D eigenvalue weighted by Crippen LogP contribution is -2.34. The number of rotatable bonds is 6. The third-order valence-electron chi connectivity index (χ3n) is 2.73. The lowest BCUT2D eigenvalue weighted by molar-refractivity contribution is 0.288. The second-order valence-electron chi connectivity index (χ2n) is 4.36. The first-order valence-corrected chi connectivity index (χ1v) is 7.15. The van der Waals surface area contributed by atoms with Gasteiger partial charge in [0.1, 0.15) is 4.99 Å². The summed E-state index contributed by atoms with van der Waals surface area (Å²) in [6, 6.07) is 6.23. The molecule has 0 saturated heterocycles. The topological polar surface area (TPSA) is 49.5 Å². The average molecular weight is 331 g/mol. The van der Waals surface area contributed by atoms with E-state index in [0.29, 0.717) is 11.0 Å². The van der Waals surface area contributed by atoms with Crippen molar-refractivity contribution in [1.29, 1.82) is 0 Å². The van der Waals surface area contributed by atoms with Crippen LogP contribution in [0.5, 0.6) is 0 Å². The summed E-state index contributed by atoms with van der Waals surface area (Å²) in [5, 5.41) is 8.99. The molecule has 0 aliphatic rings. The Morgan fingerprint density at radius 3 is 2.67 bits per heavy atom. The van der Waals surface area contributed by atoms with Gasteiger partial charge in [0.2, 0.25) is 0 Å². The van der Waals surface area contributed by atoms with Crippen molar-refractivity contribution >= 4 is 38.8 Å². The van der Waals surface area contributed by atoms with E-state index in [1.807, 2.05) is 18.2 Å². The van der Waals surface area contributed by atoms with E-state index in [1.165, 1.54) is 0 Å². The van der Waals surface area contributed by atoms with Gasteiger partial charge in [-0.2, -0.15) is 0 Å². The Labute approximate surface area is 122 Å². The van der Waals surface area contributed by atoms with Gasteiger partial charge in [-0.05, 0) is 48.3 Å². The molecule has 0 radical (unpaired) electrons. The van der Waals surface area contributed by atoms with Gasteiger partial charge in [-0.3, -0.25) is 0 Å². The number of aliphatic hydroxyl groups excluding tert-OH is 1. The molecule has 0 saturated carbocycles. The van der Waals surface area contributed by atoms with Crippen molar-refractivity contribution in [3.05, 3.63) is 28.2 Å². The highest BCUT2D eigenvalue weighted by molar-refractivity contribution is 9.10. The van der Waals surface area contributed by atoms with Gasteiger partial charge in [0.25, 0.3) is 0 Å². The highest BCUT2D eigenvalue weighted by Crippen LogP contribution is 2.29. The third-order valence-corrected chi connectivity index (χ3v) is 3.59. The summed E-state index contributed by atoms with van der Waals surface area (Å²) in [6.07, 6.45) is 0.724. The van der Waals surface area contributed by atoms with Gasteiger partial charge < -0.3 is 15.7 Å². The molecule has 5 heteroatoms. The number of hydrogen-bond acceptors (Lipinski definition) is 3. The van der Waals surface area contributed by atoms with Crippen LogP contribution in [0.4, 0.5) is 5.69 Å². The minimum absolute atomic E-state index is 0.180. The Balaban J connectivity index is 3.19. The summed E-state index contributed by atoms with van der Waals surface area (Å²) < 4.78 is 0.905. The number of nitrogens with two attached hydrogens (primary N) is 1. The van der Waals surface area contributed by atoms with Crippen LogP contribution in [0.3, 0.4) is 0 Å². The molecular weight excluding hydrogens is 312 g/mol. The first kappa shape index (κ1) is 15.4. The van der Waals surface area contributed by atoms with Gasteiger partial charge in [0.05, 0.1) is 0 Å². The van der Waals surface area contributed by atoms with E-state index in [0.717, 1.165) is 28.7 Å². The molecule has 0 unspecified atom stereocenters. The molecule has 0 spiro atoms. The van der Waals surface area contributed by atoms with E-state index in [4.69, 9.17) is 23.1 Å². The fourth-order valence-corrected chi connectivity index (χ4v) is 2.81. The van der Waals surface area contributed by atoms with Crippen LogP contribution in [0.15, 0.2) is 22.7 Å². The van der Waals surface area contributed by atoms with E-state index < -0.39 is 0 Å². The summed E-state index contributed by atoms with van der Waals surface area (Å²) in [5.74, 6) is 0. The number of aliphatic hydroxyl groups is 1. The lowest BCUT2D eigenvalue weighted by atomic mass is 10.1. The van der Waals surface area contributed by atoms with Gasteiger partial charge in [-0.1, -0.05) is 18.3 Å². The molecule has 0 heterocycles. The number of halogens is 1. The highest BCUT2D eigenvalue weighted by Gasteiger charge is 2.17. The number of benzene rings is 1. The van der Waals surface area contributed by atoms with Crippen molar-refractivity contribution in [3.8, 4) is 0 Å². The Hall–Kier alpha value is -0.650. The molecule has 0 bridgehead atoms. The second-order valence-corrected chi connectivity index (χ2v) is 5.66. The molecule has 0 amide bonds. The zero-order valence-electron chi connectivity index (χ0n) is 10.7. The maximum atomic E-state index is 8.99. The minimum atomic E-state index is 0.180. The van der Waals surface area contributed by atoms with E-state index >= 15 is 0 Å². The standard InChI is InChI=1S/C13H19BrN2OS/c1-9(2)16(7-4-8-17)11-6-3-5-10(14)12(11)13(15)18/h3,5-6,9,17H,4,7-8H2,1-2H3,(H2,15,18). The molecule has 3 nitrogen and oxygen atoms in total. The molecule has 1 aromatic rings. The van der Waals surface area contributed by atoms with E-state index in [1.54, 1.807) is 0 Å². The maximum Gasteiger partial charge on any atom is 0.107 e. The van der Waals surface area contributed by atoms with Crippen LogP contribution >= 0.6 is 28.1 Å². The number of nitrogens with zero attached hydrogens (tertiary/aromatic N) is 1. The van der Waals surface area contributed by atoms with Crippen LogP contribution in [0.25, 0.3) is 0 Å². The predicted molar refractivity (Wildman–Crippen MR) is 84.2 cm³/mol. The molecular formula is C13H19BrN2OS. The van der Waals surface area contributed by atoms with Gasteiger partial charge >= 0.3 is 0 Å². The molecule has 3 N–H and O–H groups in total. The molecule has 0 aliphatic carbocycles. The van der Waals surface area contributed by atoms with Gasteiger partial charge in [-0.25, -0.2) is 0 Å². The molecule has 0 fully saturated rings. The fraction of sp³-hybridized carbons (Fsp3) is 0.462. The highest BCUT2D eigenvalue weighted by atomic mass is 79.9. The summed E-state index contributed by atoms with van der Waals surface area (Å²) in [6.45, 7) is 5.18. The SMILES string of the molecule is CC(C)N(CCCO)c1cccc(Br)c1C(N)=S. The van der Waals surface area contributed by atoms with Crippen LogP contribution < -0.4 is 10.6 Å². The third kappa shape index (κ3) is 3.67.